The van der Waals surface area contributed by atoms with E-state index in [2.05, 4.69) is 15.4 Å². The molecular weight excluding hydrogens is 406 g/mol. The summed E-state index contributed by atoms with van der Waals surface area (Å²) in [5.74, 6) is 0.632. The SMILES string of the molecule is Cc1ccc2nccc(C(=O)N3CCC(n4nccc4NC(=O)[C@@H]4CCOC4)CC3)c2c1. The smallest absolute Gasteiger partial charge is 0.254 e. The van der Waals surface area contributed by atoms with Gasteiger partial charge in [-0.1, -0.05) is 11.6 Å². The molecular formula is C24H27N5O3. The summed E-state index contributed by atoms with van der Waals surface area (Å²) in [6.07, 6.45) is 5.73. The van der Waals surface area contributed by atoms with E-state index in [4.69, 9.17) is 4.74 Å². The van der Waals surface area contributed by atoms with Crippen LogP contribution in [0, 0.1) is 12.8 Å². The zero-order chi connectivity index (χ0) is 22.1. The van der Waals surface area contributed by atoms with Crippen molar-refractivity contribution in [2.45, 2.75) is 32.2 Å². The van der Waals surface area contributed by atoms with E-state index in [1.54, 1.807) is 12.4 Å². The first-order valence-electron chi connectivity index (χ1n) is 11.2. The molecule has 0 aliphatic carbocycles. The first kappa shape index (κ1) is 20.6. The van der Waals surface area contributed by atoms with Crippen LogP contribution in [0.1, 0.15) is 41.2 Å². The van der Waals surface area contributed by atoms with Crippen molar-refractivity contribution >= 4 is 28.5 Å². The summed E-state index contributed by atoms with van der Waals surface area (Å²) >= 11 is 0. The molecule has 0 radical (unpaired) electrons. The number of amides is 2. The summed E-state index contributed by atoms with van der Waals surface area (Å²) in [5, 5.41) is 8.36. The molecule has 8 nitrogen and oxygen atoms in total. The molecule has 2 aliphatic rings. The van der Waals surface area contributed by atoms with Crippen molar-refractivity contribution in [3.05, 3.63) is 53.9 Å². The summed E-state index contributed by atoms with van der Waals surface area (Å²) in [4.78, 5) is 32.1. The quantitative estimate of drug-likeness (QED) is 0.683. The minimum absolute atomic E-state index is 0.0169. The van der Waals surface area contributed by atoms with Crippen molar-refractivity contribution in [3.8, 4) is 0 Å². The number of nitrogens with zero attached hydrogens (tertiary/aromatic N) is 4. The topological polar surface area (TPSA) is 89.4 Å². The van der Waals surface area contributed by atoms with Crippen LogP contribution in [0.2, 0.25) is 0 Å². The van der Waals surface area contributed by atoms with Gasteiger partial charge < -0.3 is 15.0 Å². The molecule has 2 aromatic heterocycles. The number of aromatic nitrogens is 3. The van der Waals surface area contributed by atoms with E-state index in [0.717, 1.165) is 35.7 Å². The van der Waals surface area contributed by atoms with Gasteiger partial charge in [-0.15, -0.1) is 0 Å². The third-order valence-electron chi connectivity index (χ3n) is 6.45. The fourth-order valence-corrected chi connectivity index (χ4v) is 4.60. The Balaban J connectivity index is 1.26. The lowest BCUT2D eigenvalue weighted by Gasteiger charge is -2.33. The molecule has 166 valence electrons. The molecule has 0 saturated carbocycles. The maximum absolute atomic E-state index is 13.3. The van der Waals surface area contributed by atoms with Crippen molar-refractivity contribution in [2.75, 3.05) is 31.6 Å². The minimum Gasteiger partial charge on any atom is -0.381 e. The van der Waals surface area contributed by atoms with E-state index in [1.807, 2.05) is 46.8 Å². The number of likely N-dealkylation sites (tertiary alicyclic amines) is 1. The number of carbonyl (C=O) groups is 2. The molecule has 1 atom stereocenters. The number of carbonyl (C=O) groups excluding carboxylic acids is 2. The normalized spacial score (nSPS) is 19.4. The van der Waals surface area contributed by atoms with E-state index in [9.17, 15) is 9.59 Å². The number of aryl methyl sites for hydroxylation is 1. The fraction of sp³-hybridized carbons (Fsp3) is 0.417. The second kappa shape index (κ2) is 8.70. The maximum atomic E-state index is 13.3. The van der Waals surface area contributed by atoms with Crippen molar-refractivity contribution in [3.63, 3.8) is 0 Å². The highest BCUT2D eigenvalue weighted by atomic mass is 16.5. The van der Waals surface area contributed by atoms with Crippen LogP contribution in [-0.2, 0) is 9.53 Å². The van der Waals surface area contributed by atoms with Crippen LogP contribution in [0.4, 0.5) is 5.82 Å². The predicted molar refractivity (Wildman–Crippen MR) is 120 cm³/mol. The van der Waals surface area contributed by atoms with Gasteiger partial charge in [0.2, 0.25) is 5.91 Å². The summed E-state index contributed by atoms with van der Waals surface area (Å²) in [6.45, 7) is 4.41. The molecule has 0 bridgehead atoms. The molecule has 32 heavy (non-hydrogen) atoms. The van der Waals surface area contributed by atoms with Gasteiger partial charge in [-0.05, 0) is 44.4 Å². The summed E-state index contributed by atoms with van der Waals surface area (Å²) in [5.41, 5.74) is 2.64. The highest BCUT2D eigenvalue weighted by molar-refractivity contribution is 6.06. The molecule has 0 spiro atoms. The molecule has 0 unspecified atom stereocenters. The number of nitrogens with one attached hydrogen (secondary N) is 1. The highest BCUT2D eigenvalue weighted by Gasteiger charge is 2.29. The second-order valence-corrected chi connectivity index (χ2v) is 8.61. The molecule has 2 aliphatic heterocycles. The van der Waals surface area contributed by atoms with E-state index in [0.29, 0.717) is 37.7 Å². The van der Waals surface area contributed by atoms with Gasteiger partial charge in [-0.3, -0.25) is 14.6 Å². The molecule has 4 heterocycles. The Bertz CT molecular complexity index is 1140. The highest BCUT2D eigenvalue weighted by Crippen LogP contribution is 2.28. The standard InChI is InChI=1S/C24H27N5O3/c1-16-2-3-21-20(14-16)19(4-9-25-21)24(31)28-11-6-18(7-12-28)29-22(5-10-26-29)27-23(30)17-8-13-32-15-17/h2-5,9-10,14,17-18H,6-8,11-13,15H2,1H3,(H,27,30)/t17-/m1/s1. The van der Waals surface area contributed by atoms with Crippen LogP contribution in [0.25, 0.3) is 10.9 Å². The van der Waals surface area contributed by atoms with E-state index < -0.39 is 0 Å². The predicted octanol–water partition coefficient (Wildman–Crippen LogP) is 3.19. The number of piperidine rings is 1. The number of hydrogen-bond donors (Lipinski definition) is 1. The molecule has 3 aromatic rings. The largest absolute Gasteiger partial charge is 0.381 e. The van der Waals surface area contributed by atoms with E-state index in [-0.39, 0.29) is 23.8 Å². The Morgan fingerprint density at radius 2 is 1.94 bits per heavy atom. The number of pyridine rings is 1. The number of rotatable bonds is 4. The Hall–Kier alpha value is -3.26. The lowest BCUT2D eigenvalue weighted by Crippen LogP contribution is -2.39. The fourth-order valence-electron chi connectivity index (χ4n) is 4.60. The number of ether oxygens (including phenoxy) is 1. The van der Waals surface area contributed by atoms with Gasteiger partial charge in [0.1, 0.15) is 5.82 Å². The maximum Gasteiger partial charge on any atom is 0.254 e. The number of hydrogen-bond acceptors (Lipinski definition) is 5. The van der Waals surface area contributed by atoms with Gasteiger partial charge in [0, 0.05) is 37.3 Å². The molecule has 2 amide bonds. The molecule has 5 rings (SSSR count). The zero-order valence-electron chi connectivity index (χ0n) is 18.2. The lowest BCUT2D eigenvalue weighted by atomic mass is 10.0. The van der Waals surface area contributed by atoms with E-state index in [1.165, 1.54) is 0 Å². The number of fused-ring (bicyclic) bond motifs is 1. The van der Waals surface area contributed by atoms with Crippen LogP contribution in [0.3, 0.4) is 0 Å². The Morgan fingerprint density at radius 1 is 1.09 bits per heavy atom. The second-order valence-electron chi connectivity index (χ2n) is 8.61. The van der Waals surface area contributed by atoms with Gasteiger partial charge >= 0.3 is 0 Å². The first-order valence-corrected chi connectivity index (χ1v) is 11.2. The van der Waals surface area contributed by atoms with Crippen LogP contribution in [0.15, 0.2) is 42.7 Å². The van der Waals surface area contributed by atoms with Gasteiger partial charge in [-0.2, -0.15) is 5.10 Å². The molecule has 8 heteroatoms. The van der Waals surface area contributed by atoms with Crippen molar-refractivity contribution < 1.29 is 14.3 Å². The summed E-state index contributed by atoms with van der Waals surface area (Å²) in [6, 6.07) is 9.77. The number of benzene rings is 1. The molecule has 2 saturated heterocycles. The first-order chi connectivity index (χ1) is 15.6. The summed E-state index contributed by atoms with van der Waals surface area (Å²) < 4.78 is 7.21. The van der Waals surface area contributed by atoms with Gasteiger partial charge in [0.05, 0.1) is 35.8 Å². The molecule has 1 aromatic carbocycles. The lowest BCUT2D eigenvalue weighted by molar-refractivity contribution is -0.119. The van der Waals surface area contributed by atoms with Gasteiger partial charge in [0.25, 0.3) is 5.91 Å². The third kappa shape index (κ3) is 3.98. The van der Waals surface area contributed by atoms with Crippen LogP contribution in [-0.4, -0.2) is 57.8 Å². The molecule has 2 fully saturated rings. The van der Waals surface area contributed by atoms with E-state index >= 15 is 0 Å². The monoisotopic (exact) mass is 433 g/mol. The number of anilines is 1. The third-order valence-corrected chi connectivity index (χ3v) is 6.45. The molecule has 1 N–H and O–H groups in total. The minimum atomic E-state index is -0.100. The van der Waals surface area contributed by atoms with Gasteiger partial charge in [0.15, 0.2) is 0 Å². The average molecular weight is 434 g/mol. The van der Waals surface area contributed by atoms with Crippen molar-refractivity contribution in [1.82, 2.24) is 19.7 Å². The summed E-state index contributed by atoms with van der Waals surface area (Å²) in [7, 11) is 0. The van der Waals surface area contributed by atoms with Crippen LogP contribution < -0.4 is 5.32 Å². The van der Waals surface area contributed by atoms with Crippen molar-refractivity contribution in [1.29, 1.82) is 0 Å². The van der Waals surface area contributed by atoms with Crippen molar-refractivity contribution in [2.24, 2.45) is 5.92 Å². The Morgan fingerprint density at radius 3 is 2.72 bits per heavy atom. The van der Waals surface area contributed by atoms with Gasteiger partial charge in [-0.25, -0.2) is 4.68 Å². The Kier molecular flexibility index (Phi) is 5.61. The zero-order valence-corrected chi connectivity index (χ0v) is 18.2. The Labute approximate surface area is 186 Å². The average Bonchev–Trinajstić information content (AvgIpc) is 3.51. The van der Waals surface area contributed by atoms with Crippen LogP contribution in [0.5, 0.6) is 0 Å². The van der Waals surface area contributed by atoms with Crippen LogP contribution >= 0.6 is 0 Å².